The van der Waals surface area contributed by atoms with Crippen LogP contribution in [0.5, 0.6) is 11.5 Å². The molecule has 1 atom stereocenters. The van der Waals surface area contributed by atoms with E-state index < -0.39 is 6.04 Å². The first kappa shape index (κ1) is 21.8. The highest BCUT2D eigenvalue weighted by Crippen LogP contribution is 2.41. The number of thiophene rings is 1. The largest absolute Gasteiger partial charge is 0.493 e. The van der Waals surface area contributed by atoms with Crippen molar-refractivity contribution in [2.75, 3.05) is 27.3 Å². The van der Waals surface area contributed by atoms with Crippen LogP contribution in [-0.2, 0) is 11.2 Å². The number of carbonyl (C=O) groups is 2. The summed E-state index contributed by atoms with van der Waals surface area (Å²) in [4.78, 5) is 27.8. The predicted octanol–water partition coefficient (Wildman–Crippen LogP) is 3.81. The van der Waals surface area contributed by atoms with Gasteiger partial charge in [0, 0.05) is 6.54 Å². The van der Waals surface area contributed by atoms with Crippen LogP contribution in [0.3, 0.4) is 0 Å². The lowest BCUT2D eigenvalue weighted by Gasteiger charge is -2.38. The van der Waals surface area contributed by atoms with E-state index in [0.717, 1.165) is 16.7 Å². The van der Waals surface area contributed by atoms with Gasteiger partial charge in [0.15, 0.2) is 11.5 Å². The number of amides is 2. The van der Waals surface area contributed by atoms with Gasteiger partial charge in [-0.05, 0) is 58.8 Å². The molecule has 8 heteroatoms. The van der Waals surface area contributed by atoms with Crippen molar-refractivity contribution >= 4 is 23.2 Å². The third-order valence-electron chi connectivity index (χ3n) is 5.52. The van der Waals surface area contributed by atoms with Crippen LogP contribution < -0.4 is 14.8 Å². The van der Waals surface area contributed by atoms with Gasteiger partial charge >= 0.3 is 0 Å². The van der Waals surface area contributed by atoms with Crippen molar-refractivity contribution in [1.82, 2.24) is 10.2 Å². The monoisotopic (exact) mass is 454 g/mol. The second kappa shape index (κ2) is 9.40. The third kappa shape index (κ3) is 4.31. The second-order valence-corrected chi connectivity index (χ2v) is 8.30. The molecule has 1 N–H and O–H groups in total. The summed E-state index contributed by atoms with van der Waals surface area (Å²) < 4.78 is 24.5. The summed E-state index contributed by atoms with van der Waals surface area (Å²) >= 11 is 1.32. The minimum Gasteiger partial charge on any atom is -0.493 e. The lowest BCUT2D eigenvalue weighted by molar-refractivity contribution is -0.132. The van der Waals surface area contributed by atoms with Gasteiger partial charge in [0.1, 0.15) is 5.82 Å². The Bertz CT molecular complexity index is 1120. The molecule has 1 aromatic heterocycles. The van der Waals surface area contributed by atoms with Gasteiger partial charge in [0.05, 0.1) is 31.7 Å². The van der Waals surface area contributed by atoms with Crippen LogP contribution in [0.2, 0.25) is 0 Å². The zero-order valence-corrected chi connectivity index (χ0v) is 18.6. The average Bonchev–Trinajstić information content (AvgIpc) is 3.36. The summed E-state index contributed by atoms with van der Waals surface area (Å²) in [5, 5.41) is 4.51. The molecule has 0 fully saturated rings. The van der Waals surface area contributed by atoms with Crippen LogP contribution in [-0.4, -0.2) is 44.0 Å². The average molecular weight is 455 g/mol. The van der Waals surface area contributed by atoms with E-state index in [2.05, 4.69) is 5.32 Å². The number of rotatable bonds is 6. The minimum atomic E-state index is -0.440. The molecule has 4 rings (SSSR count). The molecule has 3 aromatic rings. The standard InChI is InChI=1S/C24H23FN2O4S/c1-30-19-12-16-9-10-27(22(28)14-26-24(29)21-4-3-11-32-21)23(18(16)13-20(19)31-2)15-5-7-17(25)8-6-15/h3-8,11-13,23H,9-10,14H2,1-2H3,(H,26,29). The van der Waals surface area contributed by atoms with E-state index in [1.54, 1.807) is 43.4 Å². The van der Waals surface area contributed by atoms with E-state index in [9.17, 15) is 14.0 Å². The van der Waals surface area contributed by atoms with Crippen molar-refractivity contribution in [3.63, 3.8) is 0 Å². The summed E-state index contributed by atoms with van der Waals surface area (Å²) in [7, 11) is 3.14. The molecule has 2 heterocycles. The highest BCUT2D eigenvalue weighted by Gasteiger charge is 2.33. The third-order valence-corrected chi connectivity index (χ3v) is 6.39. The van der Waals surface area contributed by atoms with Crippen LogP contribution >= 0.6 is 11.3 Å². The van der Waals surface area contributed by atoms with Crippen LogP contribution in [0, 0.1) is 5.82 Å². The highest BCUT2D eigenvalue weighted by atomic mass is 32.1. The molecule has 166 valence electrons. The first-order valence-corrected chi connectivity index (χ1v) is 11.0. The zero-order chi connectivity index (χ0) is 22.7. The molecule has 0 spiro atoms. The van der Waals surface area contributed by atoms with Gasteiger partial charge in [-0.3, -0.25) is 9.59 Å². The van der Waals surface area contributed by atoms with Gasteiger partial charge in [-0.15, -0.1) is 11.3 Å². The zero-order valence-electron chi connectivity index (χ0n) is 17.8. The number of methoxy groups -OCH3 is 2. The normalized spacial score (nSPS) is 15.1. The molecular formula is C24H23FN2O4S. The minimum absolute atomic E-state index is 0.128. The first-order valence-electron chi connectivity index (χ1n) is 10.1. The number of hydrogen-bond donors (Lipinski definition) is 1. The molecule has 1 aliphatic heterocycles. The highest BCUT2D eigenvalue weighted by molar-refractivity contribution is 7.12. The Morgan fingerprint density at radius 1 is 1.12 bits per heavy atom. The maximum absolute atomic E-state index is 13.6. The molecule has 0 saturated carbocycles. The SMILES string of the molecule is COc1cc2c(cc1OC)C(c1ccc(F)cc1)N(C(=O)CNC(=O)c1cccs1)CC2. The number of ether oxygens (including phenoxy) is 2. The molecular weight excluding hydrogens is 431 g/mol. The number of nitrogens with one attached hydrogen (secondary N) is 1. The van der Waals surface area contributed by atoms with Crippen molar-refractivity contribution in [3.05, 3.63) is 81.3 Å². The van der Waals surface area contributed by atoms with Crippen LogP contribution in [0.1, 0.15) is 32.4 Å². The molecule has 0 aliphatic carbocycles. The van der Waals surface area contributed by atoms with Crippen LogP contribution in [0.25, 0.3) is 0 Å². The summed E-state index contributed by atoms with van der Waals surface area (Å²) in [5.74, 6) is 0.323. The Hall–Kier alpha value is -3.39. The van der Waals surface area contributed by atoms with Crippen molar-refractivity contribution in [2.24, 2.45) is 0 Å². The summed E-state index contributed by atoms with van der Waals surface area (Å²) in [6, 6.07) is 13.0. The maximum atomic E-state index is 13.6. The Balaban J connectivity index is 1.66. The molecule has 0 radical (unpaired) electrons. The van der Waals surface area contributed by atoms with Gasteiger partial charge in [-0.25, -0.2) is 4.39 Å². The van der Waals surface area contributed by atoms with Gasteiger partial charge in [0.25, 0.3) is 5.91 Å². The molecule has 6 nitrogen and oxygen atoms in total. The maximum Gasteiger partial charge on any atom is 0.261 e. The molecule has 2 aromatic carbocycles. The fourth-order valence-corrected chi connectivity index (χ4v) is 4.61. The number of hydrogen-bond acceptors (Lipinski definition) is 5. The van der Waals surface area contributed by atoms with Gasteiger partial charge in [-0.1, -0.05) is 18.2 Å². The topological polar surface area (TPSA) is 67.9 Å². The van der Waals surface area contributed by atoms with E-state index in [-0.39, 0.29) is 24.2 Å². The Labute approximate surface area is 189 Å². The van der Waals surface area contributed by atoms with E-state index in [4.69, 9.17) is 9.47 Å². The van der Waals surface area contributed by atoms with Crippen molar-refractivity contribution in [3.8, 4) is 11.5 Å². The fourth-order valence-electron chi connectivity index (χ4n) is 3.97. The quantitative estimate of drug-likeness (QED) is 0.615. The Kier molecular flexibility index (Phi) is 6.41. The lowest BCUT2D eigenvalue weighted by Crippen LogP contribution is -2.45. The number of fused-ring (bicyclic) bond motifs is 1. The Morgan fingerprint density at radius 2 is 1.84 bits per heavy atom. The molecule has 0 saturated heterocycles. The molecule has 0 bridgehead atoms. The molecule has 2 amide bonds. The molecule has 32 heavy (non-hydrogen) atoms. The van der Waals surface area contributed by atoms with Crippen LogP contribution in [0.4, 0.5) is 4.39 Å². The van der Waals surface area contributed by atoms with E-state index in [1.165, 1.54) is 23.5 Å². The van der Waals surface area contributed by atoms with Crippen molar-refractivity contribution < 1.29 is 23.5 Å². The van der Waals surface area contributed by atoms with E-state index >= 15 is 0 Å². The molecule has 1 aliphatic rings. The summed E-state index contributed by atoms with van der Waals surface area (Å²) in [5.41, 5.74) is 2.69. The van der Waals surface area contributed by atoms with E-state index in [0.29, 0.717) is 29.3 Å². The van der Waals surface area contributed by atoms with Crippen molar-refractivity contribution in [1.29, 1.82) is 0 Å². The lowest BCUT2D eigenvalue weighted by atomic mass is 9.87. The first-order chi connectivity index (χ1) is 15.5. The van der Waals surface area contributed by atoms with Crippen LogP contribution in [0.15, 0.2) is 53.9 Å². The summed E-state index contributed by atoms with van der Waals surface area (Å²) in [6.07, 6.45) is 0.623. The van der Waals surface area contributed by atoms with Gasteiger partial charge in [0.2, 0.25) is 5.91 Å². The number of carbonyl (C=O) groups excluding carboxylic acids is 2. The molecule has 1 unspecified atom stereocenters. The van der Waals surface area contributed by atoms with Gasteiger partial charge in [-0.2, -0.15) is 0 Å². The van der Waals surface area contributed by atoms with E-state index in [1.807, 2.05) is 17.5 Å². The predicted molar refractivity (Wildman–Crippen MR) is 120 cm³/mol. The fraction of sp³-hybridized carbons (Fsp3) is 0.250. The number of benzene rings is 2. The smallest absolute Gasteiger partial charge is 0.261 e. The summed E-state index contributed by atoms with van der Waals surface area (Å²) in [6.45, 7) is 0.329. The Morgan fingerprint density at radius 3 is 2.50 bits per heavy atom. The van der Waals surface area contributed by atoms with Gasteiger partial charge < -0.3 is 19.7 Å². The number of nitrogens with zero attached hydrogens (tertiary/aromatic N) is 1. The number of halogens is 1. The van der Waals surface area contributed by atoms with Crippen molar-refractivity contribution in [2.45, 2.75) is 12.5 Å². The second-order valence-electron chi connectivity index (χ2n) is 7.36.